The number of hydrogen-bond donors (Lipinski definition) is 0. The van der Waals surface area contributed by atoms with Crippen LogP contribution in [0.4, 0.5) is 0 Å². The fraction of sp³-hybridized carbons (Fsp3) is 0.447. The van der Waals surface area contributed by atoms with Gasteiger partial charge in [-0.15, -0.1) is 0 Å². The molecule has 14 nitrogen and oxygen atoms in total. The van der Waals surface area contributed by atoms with Crippen molar-refractivity contribution in [2.45, 2.75) is 61.4 Å². The summed E-state index contributed by atoms with van der Waals surface area (Å²) in [7, 11) is 7.39. The number of carbonyl (C=O) groups excluding carboxylic acids is 3. The monoisotopic (exact) mass is 724 g/mol. The summed E-state index contributed by atoms with van der Waals surface area (Å²) in [6, 6.07) is 24.7. The lowest BCUT2D eigenvalue weighted by molar-refractivity contribution is -0.333. The lowest BCUT2D eigenvalue weighted by Crippen LogP contribution is -2.64. The van der Waals surface area contributed by atoms with E-state index >= 15 is 0 Å². The summed E-state index contributed by atoms with van der Waals surface area (Å²) >= 11 is 0. The van der Waals surface area contributed by atoms with Gasteiger partial charge in [0, 0.05) is 35.5 Å². The molecule has 3 aromatic carbocycles. The van der Waals surface area contributed by atoms with Gasteiger partial charge in [0.05, 0.1) is 29.9 Å². The zero-order chi connectivity index (χ0) is 37.0. The topological polar surface area (TPSA) is 153 Å². The number of esters is 3. The Morgan fingerprint density at radius 3 is 1.33 bits per heavy atom. The van der Waals surface area contributed by atoms with E-state index in [2.05, 4.69) is 0 Å². The average Bonchev–Trinajstić information content (AvgIpc) is 3.19. The highest BCUT2D eigenvalue weighted by Gasteiger charge is 2.54. The van der Waals surface area contributed by atoms with Gasteiger partial charge < -0.3 is 52.1 Å². The maximum absolute atomic E-state index is 13.6. The van der Waals surface area contributed by atoms with E-state index in [4.69, 9.17) is 52.1 Å². The Morgan fingerprint density at radius 2 is 0.885 bits per heavy atom. The second-order valence-corrected chi connectivity index (χ2v) is 11.9. The van der Waals surface area contributed by atoms with Gasteiger partial charge in [-0.1, -0.05) is 54.6 Å². The standard InChI is InChI=1S/C38H44O14/c1-42-21-26-28(43-2)30(44-3)32(45-4)38(49-26)47-22-27-29(50-34(39)23-15-9-6-10-16-23)31(51-35(40)24-17-11-7-12-18-24)33(37(46-5)48-27)52-36(41)25-19-13-8-14-20-25/h6-20,26-33,37-38H,21-22H2,1-5H3/t26-,27-,28-,29-,30+,31+,32-,33-,37+,38-/m1/s1. The molecular formula is C38H44O14. The minimum atomic E-state index is -1.45. The lowest BCUT2D eigenvalue weighted by Gasteiger charge is -2.46. The smallest absolute Gasteiger partial charge is 0.338 e. The van der Waals surface area contributed by atoms with Gasteiger partial charge in [-0.25, -0.2) is 14.4 Å². The molecule has 3 aromatic rings. The molecule has 0 aromatic heterocycles. The minimum Gasteiger partial charge on any atom is -0.452 e. The Balaban J connectivity index is 1.50. The van der Waals surface area contributed by atoms with Crippen molar-refractivity contribution >= 4 is 17.9 Å². The first kappa shape index (κ1) is 39.0. The van der Waals surface area contributed by atoms with Gasteiger partial charge in [-0.3, -0.25) is 0 Å². The zero-order valence-corrected chi connectivity index (χ0v) is 29.6. The molecule has 2 heterocycles. The molecule has 0 amide bonds. The van der Waals surface area contributed by atoms with E-state index in [1.54, 1.807) is 91.0 Å². The van der Waals surface area contributed by atoms with E-state index in [1.807, 2.05) is 0 Å². The first-order chi connectivity index (χ1) is 25.3. The Kier molecular flexibility index (Phi) is 14.2. The van der Waals surface area contributed by atoms with Crippen LogP contribution in [0.15, 0.2) is 91.0 Å². The van der Waals surface area contributed by atoms with Crippen molar-refractivity contribution in [1.82, 2.24) is 0 Å². The largest absolute Gasteiger partial charge is 0.452 e. The Morgan fingerprint density at radius 1 is 0.462 bits per heavy atom. The summed E-state index contributed by atoms with van der Waals surface area (Å²) in [5.74, 6) is -2.27. The van der Waals surface area contributed by atoms with E-state index in [1.165, 1.54) is 35.5 Å². The molecule has 2 saturated heterocycles. The third-order valence-corrected chi connectivity index (χ3v) is 8.74. The fourth-order valence-electron chi connectivity index (χ4n) is 6.20. The van der Waals surface area contributed by atoms with Crippen molar-refractivity contribution in [1.29, 1.82) is 0 Å². The van der Waals surface area contributed by atoms with Crippen LogP contribution < -0.4 is 0 Å². The van der Waals surface area contributed by atoms with E-state index in [-0.39, 0.29) is 29.9 Å². The van der Waals surface area contributed by atoms with Gasteiger partial charge in [0.2, 0.25) is 0 Å². The molecule has 14 heteroatoms. The van der Waals surface area contributed by atoms with Crippen LogP contribution in [-0.2, 0) is 52.1 Å². The fourth-order valence-corrected chi connectivity index (χ4v) is 6.20. The summed E-state index contributed by atoms with van der Waals surface area (Å²) in [6.07, 6.45) is -10.3. The molecule has 0 unspecified atom stereocenters. The number of carbonyl (C=O) groups is 3. The summed E-state index contributed by atoms with van der Waals surface area (Å²) < 4.78 is 65.1. The van der Waals surface area contributed by atoms with Crippen LogP contribution in [0.2, 0.25) is 0 Å². The summed E-state index contributed by atoms with van der Waals surface area (Å²) in [6.45, 7) is -0.146. The quantitative estimate of drug-likeness (QED) is 0.166. The maximum Gasteiger partial charge on any atom is 0.338 e. The second kappa shape index (κ2) is 19.0. The summed E-state index contributed by atoms with van der Waals surface area (Å²) in [5.41, 5.74) is 0.646. The van der Waals surface area contributed by atoms with Crippen LogP contribution in [-0.4, -0.2) is 128 Å². The molecule has 52 heavy (non-hydrogen) atoms. The molecule has 0 aliphatic carbocycles. The molecule has 0 N–H and O–H groups in total. The molecule has 2 fully saturated rings. The van der Waals surface area contributed by atoms with Crippen molar-refractivity contribution in [2.24, 2.45) is 0 Å². The minimum absolute atomic E-state index is 0.156. The molecule has 10 atom stereocenters. The van der Waals surface area contributed by atoms with Crippen molar-refractivity contribution in [3.8, 4) is 0 Å². The molecule has 2 aliphatic rings. The predicted molar refractivity (Wildman–Crippen MR) is 181 cm³/mol. The van der Waals surface area contributed by atoms with Gasteiger partial charge in [-0.2, -0.15) is 0 Å². The van der Waals surface area contributed by atoms with E-state index in [0.717, 1.165) is 0 Å². The van der Waals surface area contributed by atoms with Gasteiger partial charge in [0.25, 0.3) is 0 Å². The number of rotatable bonds is 15. The third kappa shape index (κ3) is 9.21. The molecule has 0 bridgehead atoms. The van der Waals surface area contributed by atoms with Crippen LogP contribution in [0.5, 0.6) is 0 Å². The Hall–Kier alpha value is -4.25. The number of benzene rings is 3. The highest BCUT2D eigenvalue weighted by molar-refractivity contribution is 5.91. The molecule has 0 saturated carbocycles. The highest BCUT2D eigenvalue weighted by Crippen LogP contribution is 2.33. The molecular weight excluding hydrogens is 680 g/mol. The van der Waals surface area contributed by atoms with Gasteiger partial charge in [-0.05, 0) is 36.4 Å². The Bertz CT molecular complexity index is 1560. The predicted octanol–water partition coefficient (Wildman–Crippen LogP) is 3.47. The van der Waals surface area contributed by atoms with E-state index in [0.29, 0.717) is 0 Å². The molecule has 0 radical (unpaired) electrons. The van der Waals surface area contributed by atoms with Gasteiger partial charge in [0.1, 0.15) is 30.5 Å². The first-order valence-electron chi connectivity index (χ1n) is 16.6. The lowest BCUT2D eigenvalue weighted by atomic mass is 9.97. The van der Waals surface area contributed by atoms with E-state index in [9.17, 15) is 14.4 Å². The molecule has 280 valence electrons. The number of ether oxygens (including phenoxy) is 11. The SMILES string of the molecule is COC[C@H]1O[C@@H](OC[C@H]2O[C@H](OC)[C@H](OC(=O)c3ccccc3)[C@@H](OC(=O)c3ccccc3)[C@@H]2OC(=O)c2ccccc2)[C@H](OC)[C@@H](OC)[C@@H]1OC. The second-order valence-electron chi connectivity index (χ2n) is 11.9. The van der Waals surface area contributed by atoms with Crippen molar-refractivity contribution in [3.05, 3.63) is 108 Å². The van der Waals surface area contributed by atoms with Crippen molar-refractivity contribution in [2.75, 3.05) is 48.8 Å². The molecule has 5 rings (SSSR count). The third-order valence-electron chi connectivity index (χ3n) is 8.74. The van der Waals surface area contributed by atoms with Gasteiger partial charge in [0.15, 0.2) is 30.9 Å². The van der Waals surface area contributed by atoms with Crippen LogP contribution in [0.3, 0.4) is 0 Å². The maximum atomic E-state index is 13.6. The zero-order valence-electron chi connectivity index (χ0n) is 29.6. The summed E-state index contributed by atoms with van der Waals surface area (Å²) in [5, 5.41) is 0. The van der Waals surface area contributed by atoms with Crippen molar-refractivity contribution < 1.29 is 66.5 Å². The van der Waals surface area contributed by atoms with Crippen LogP contribution in [0.1, 0.15) is 31.1 Å². The Labute approximate surface area is 302 Å². The normalized spacial score (nSPS) is 28.8. The summed E-state index contributed by atoms with van der Waals surface area (Å²) in [4.78, 5) is 40.7. The highest BCUT2D eigenvalue weighted by atomic mass is 16.8. The first-order valence-corrected chi connectivity index (χ1v) is 16.6. The molecule has 0 spiro atoms. The number of methoxy groups -OCH3 is 5. The van der Waals surface area contributed by atoms with Crippen LogP contribution >= 0.6 is 0 Å². The van der Waals surface area contributed by atoms with E-state index < -0.39 is 79.3 Å². The van der Waals surface area contributed by atoms with Crippen LogP contribution in [0.25, 0.3) is 0 Å². The van der Waals surface area contributed by atoms with Crippen LogP contribution in [0, 0.1) is 0 Å². The van der Waals surface area contributed by atoms with Gasteiger partial charge >= 0.3 is 17.9 Å². The molecule has 2 aliphatic heterocycles. The average molecular weight is 725 g/mol. The number of hydrogen-bond acceptors (Lipinski definition) is 14. The van der Waals surface area contributed by atoms with Crippen molar-refractivity contribution in [3.63, 3.8) is 0 Å².